The summed E-state index contributed by atoms with van der Waals surface area (Å²) in [5, 5.41) is 20.4. The van der Waals surface area contributed by atoms with Crippen LogP contribution in [0.5, 0.6) is 5.75 Å². The van der Waals surface area contributed by atoms with Crippen LogP contribution in [0.25, 0.3) is 22.0 Å². The summed E-state index contributed by atoms with van der Waals surface area (Å²) in [5.41, 5.74) is 3.43. The number of hydrogen-bond acceptors (Lipinski definition) is 3. The van der Waals surface area contributed by atoms with Gasteiger partial charge >= 0.3 is 0 Å². The minimum Gasteiger partial charge on any atom is -0.507 e. The first-order valence-electron chi connectivity index (χ1n) is 6.17. The quantitative estimate of drug-likeness (QED) is 0.665. The highest BCUT2D eigenvalue weighted by Crippen LogP contribution is 2.32. The van der Waals surface area contributed by atoms with E-state index in [0.717, 1.165) is 16.4 Å². The summed E-state index contributed by atoms with van der Waals surface area (Å²) in [6, 6.07) is 13.7. The number of phenols is 1. The maximum atomic E-state index is 10.2. The predicted molar refractivity (Wildman–Crippen MR) is 79.6 cm³/mol. The lowest BCUT2D eigenvalue weighted by molar-refractivity contribution is 0.478. The smallest absolute Gasteiger partial charge is 0.166 e. The molecule has 0 radical (unpaired) electrons. The van der Waals surface area contributed by atoms with Crippen molar-refractivity contribution in [3.8, 4) is 17.0 Å². The van der Waals surface area contributed by atoms with Gasteiger partial charge in [0.05, 0.1) is 5.69 Å². The summed E-state index contributed by atoms with van der Waals surface area (Å²) in [7, 11) is 1.89. The van der Waals surface area contributed by atoms with Crippen LogP contribution in [0.3, 0.4) is 0 Å². The Morgan fingerprint density at radius 2 is 1.79 bits per heavy atom. The van der Waals surface area contributed by atoms with Crippen LogP contribution in [0, 0.1) is 6.92 Å². The molecule has 0 spiro atoms. The fourth-order valence-electron chi connectivity index (χ4n) is 2.15. The molecule has 0 aliphatic carbocycles. The molecular formula is C15H13BN2O. The van der Waals surface area contributed by atoms with Gasteiger partial charge in [0.1, 0.15) is 5.75 Å². The standard InChI is InChI=1S/C15H13BN2O/c1-9-2-3-10-7-12(14(19)8-11(10)6-9)13-4-5-15(16)18-17-13/h2-8,19H,16H2,1H3. The van der Waals surface area contributed by atoms with E-state index >= 15 is 0 Å². The second-order valence-corrected chi connectivity index (χ2v) is 4.78. The summed E-state index contributed by atoms with van der Waals surface area (Å²) in [5.74, 6) is 0.233. The van der Waals surface area contributed by atoms with Gasteiger partial charge in [0, 0.05) is 11.2 Å². The fraction of sp³-hybridized carbons (Fsp3) is 0.0667. The minimum absolute atomic E-state index is 0.233. The van der Waals surface area contributed by atoms with E-state index in [4.69, 9.17) is 0 Å². The molecule has 0 aliphatic rings. The number of hydrogen-bond donors (Lipinski definition) is 1. The summed E-state index contributed by atoms with van der Waals surface area (Å²) >= 11 is 0. The number of nitrogens with zero attached hydrogens (tertiary/aromatic N) is 2. The third-order valence-corrected chi connectivity index (χ3v) is 3.18. The molecule has 0 aliphatic heterocycles. The first kappa shape index (κ1) is 11.7. The molecule has 4 heteroatoms. The minimum atomic E-state index is 0.233. The SMILES string of the molecule is Bc1ccc(-c2cc3ccc(C)cc3cc2O)nn1. The van der Waals surface area contributed by atoms with Crippen molar-refractivity contribution in [1.29, 1.82) is 0 Å². The fourth-order valence-corrected chi connectivity index (χ4v) is 2.15. The van der Waals surface area contributed by atoms with E-state index in [1.54, 1.807) is 6.07 Å². The van der Waals surface area contributed by atoms with E-state index in [1.165, 1.54) is 5.56 Å². The average Bonchev–Trinajstić information content (AvgIpc) is 2.39. The van der Waals surface area contributed by atoms with E-state index in [2.05, 4.69) is 28.4 Å². The van der Waals surface area contributed by atoms with Gasteiger partial charge in [-0.25, -0.2) is 0 Å². The van der Waals surface area contributed by atoms with E-state index in [-0.39, 0.29) is 5.75 Å². The molecule has 3 aromatic rings. The highest BCUT2D eigenvalue weighted by Gasteiger charge is 2.08. The number of aryl methyl sites for hydroxylation is 1. The summed E-state index contributed by atoms with van der Waals surface area (Å²) < 4.78 is 0. The second kappa shape index (κ2) is 4.39. The summed E-state index contributed by atoms with van der Waals surface area (Å²) in [6.45, 7) is 2.04. The lowest BCUT2D eigenvalue weighted by Gasteiger charge is -2.07. The Hall–Kier alpha value is -2.36. The molecule has 0 atom stereocenters. The number of phenolic OH excluding ortho intramolecular Hbond substituents is 1. The largest absolute Gasteiger partial charge is 0.507 e. The zero-order chi connectivity index (χ0) is 13.4. The van der Waals surface area contributed by atoms with Gasteiger partial charge in [-0.1, -0.05) is 23.8 Å². The molecular weight excluding hydrogens is 235 g/mol. The molecule has 3 rings (SSSR count). The highest BCUT2D eigenvalue weighted by molar-refractivity contribution is 6.30. The molecule has 92 valence electrons. The highest BCUT2D eigenvalue weighted by atomic mass is 16.3. The number of rotatable bonds is 1. The number of fused-ring (bicyclic) bond motifs is 1. The van der Waals surface area contributed by atoms with Crippen molar-refractivity contribution < 1.29 is 5.11 Å². The maximum Gasteiger partial charge on any atom is 0.166 e. The molecule has 1 heterocycles. The van der Waals surface area contributed by atoms with Gasteiger partial charge in [0.25, 0.3) is 0 Å². The lowest BCUT2D eigenvalue weighted by Crippen LogP contribution is -2.09. The monoisotopic (exact) mass is 248 g/mol. The van der Waals surface area contributed by atoms with Gasteiger partial charge in [-0.15, -0.1) is 0 Å². The van der Waals surface area contributed by atoms with Crippen LogP contribution in [-0.4, -0.2) is 23.2 Å². The van der Waals surface area contributed by atoms with E-state index in [0.29, 0.717) is 11.3 Å². The Balaban J connectivity index is 2.21. The lowest BCUT2D eigenvalue weighted by atomic mass is 10.0. The first-order chi connectivity index (χ1) is 9.13. The van der Waals surface area contributed by atoms with Crippen LogP contribution >= 0.6 is 0 Å². The molecule has 1 aromatic heterocycles. The van der Waals surface area contributed by atoms with Crippen molar-refractivity contribution in [2.45, 2.75) is 6.92 Å². The molecule has 3 nitrogen and oxygen atoms in total. The zero-order valence-electron chi connectivity index (χ0n) is 10.9. The van der Waals surface area contributed by atoms with Gasteiger partial charge in [0.2, 0.25) is 0 Å². The Bertz CT molecular complexity index is 754. The van der Waals surface area contributed by atoms with Gasteiger partial charge in [-0.05, 0) is 42.0 Å². The number of benzene rings is 2. The third-order valence-electron chi connectivity index (χ3n) is 3.18. The van der Waals surface area contributed by atoms with Crippen LogP contribution in [-0.2, 0) is 0 Å². The Morgan fingerprint density at radius 1 is 0.947 bits per heavy atom. The normalized spacial score (nSPS) is 10.8. The summed E-state index contributed by atoms with van der Waals surface area (Å²) in [4.78, 5) is 0. The maximum absolute atomic E-state index is 10.2. The Labute approximate surface area is 112 Å². The Kier molecular flexibility index (Phi) is 2.71. The average molecular weight is 248 g/mol. The molecule has 0 unspecified atom stereocenters. The van der Waals surface area contributed by atoms with Crippen LogP contribution in [0.4, 0.5) is 0 Å². The molecule has 19 heavy (non-hydrogen) atoms. The van der Waals surface area contributed by atoms with E-state index < -0.39 is 0 Å². The number of aromatic nitrogens is 2. The van der Waals surface area contributed by atoms with Crippen LogP contribution in [0.2, 0.25) is 0 Å². The van der Waals surface area contributed by atoms with E-state index in [9.17, 15) is 5.11 Å². The molecule has 0 fully saturated rings. The van der Waals surface area contributed by atoms with Crippen molar-refractivity contribution in [3.05, 3.63) is 48.0 Å². The molecule has 0 saturated heterocycles. The van der Waals surface area contributed by atoms with Crippen molar-refractivity contribution in [2.24, 2.45) is 0 Å². The first-order valence-corrected chi connectivity index (χ1v) is 6.17. The molecule has 0 saturated carbocycles. The second-order valence-electron chi connectivity index (χ2n) is 4.78. The Morgan fingerprint density at radius 3 is 2.53 bits per heavy atom. The molecule has 0 bridgehead atoms. The zero-order valence-corrected chi connectivity index (χ0v) is 10.9. The predicted octanol–water partition coefficient (Wildman–Crippen LogP) is 1.57. The molecule has 2 aromatic carbocycles. The summed E-state index contributed by atoms with van der Waals surface area (Å²) in [6.07, 6.45) is 0. The van der Waals surface area contributed by atoms with Crippen molar-refractivity contribution in [2.75, 3.05) is 0 Å². The van der Waals surface area contributed by atoms with Gasteiger partial charge in [-0.2, -0.15) is 10.2 Å². The molecule has 1 N–H and O–H groups in total. The van der Waals surface area contributed by atoms with Crippen molar-refractivity contribution >= 4 is 24.2 Å². The van der Waals surface area contributed by atoms with E-state index in [1.807, 2.05) is 33.0 Å². The number of aromatic hydroxyl groups is 1. The topological polar surface area (TPSA) is 46.0 Å². The van der Waals surface area contributed by atoms with Crippen molar-refractivity contribution in [3.63, 3.8) is 0 Å². The van der Waals surface area contributed by atoms with Gasteiger partial charge in [0.15, 0.2) is 7.85 Å². The van der Waals surface area contributed by atoms with Crippen LogP contribution < -0.4 is 5.59 Å². The van der Waals surface area contributed by atoms with Crippen LogP contribution in [0.1, 0.15) is 5.56 Å². The third kappa shape index (κ3) is 2.17. The van der Waals surface area contributed by atoms with Gasteiger partial charge in [-0.3, -0.25) is 0 Å². The van der Waals surface area contributed by atoms with Crippen LogP contribution in [0.15, 0.2) is 42.5 Å². The van der Waals surface area contributed by atoms with Crippen molar-refractivity contribution in [1.82, 2.24) is 10.2 Å². The molecule has 0 amide bonds. The van der Waals surface area contributed by atoms with Gasteiger partial charge < -0.3 is 5.11 Å².